The summed E-state index contributed by atoms with van der Waals surface area (Å²) in [5.41, 5.74) is 0. The average molecular weight is 109 g/mol. The molecule has 0 radical (unpaired) electrons. The van der Waals surface area contributed by atoms with Crippen molar-refractivity contribution < 1.29 is 10.2 Å². The SMILES string of the molecule is [O-]c1ccccc1O. The van der Waals surface area contributed by atoms with Crippen LogP contribution in [-0.2, 0) is 0 Å². The molecule has 1 aromatic carbocycles. The van der Waals surface area contributed by atoms with Crippen molar-refractivity contribution in [3.8, 4) is 11.5 Å². The molecule has 1 N–H and O–H groups in total. The van der Waals surface area contributed by atoms with Crippen molar-refractivity contribution in [2.75, 3.05) is 0 Å². The Balaban J connectivity index is 3.13. The van der Waals surface area contributed by atoms with Gasteiger partial charge in [0.25, 0.3) is 0 Å². The van der Waals surface area contributed by atoms with Gasteiger partial charge in [-0.1, -0.05) is 23.9 Å². The van der Waals surface area contributed by atoms with Crippen LogP contribution in [0.5, 0.6) is 11.5 Å². The standard InChI is InChI=1S/C6H6O2/c7-5-3-1-2-4-6(5)8/h1-4,7-8H/p-1. The molecule has 0 aliphatic rings. The lowest BCUT2D eigenvalue weighted by Crippen LogP contribution is -1.87. The second kappa shape index (κ2) is 1.74. The fourth-order valence-corrected chi connectivity index (χ4v) is 0.457. The Morgan fingerprint density at radius 2 is 1.88 bits per heavy atom. The zero-order chi connectivity index (χ0) is 5.98. The average Bonchev–Trinajstić information content (AvgIpc) is 1.77. The maximum absolute atomic E-state index is 10.4. The van der Waals surface area contributed by atoms with E-state index in [0.29, 0.717) is 0 Å². The Morgan fingerprint density at radius 3 is 2.25 bits per heavy atom. The summed E-state index contributed by atoms with van der Waals surface area (Å²) in [4.78, 5) is 0. The predicted molar refractivity (Wildman–Crippen MR) is 27.6 cm³/mol. The summed E-state index contributed by atoms with van der Waals surface area (Å²) in [5, 5.41) is 19.0. The molecular weight excluding hydrogens is 104 g/mol. The van der Waals surface area contributed by atoms with Gasteiger partial charge in [0.1, 0.15) is 5.75 Å². The molecule has 0 unspecified atom stereocenters. The van der Waals surface area contributed by atoms with Crippen LogP contribution in [0.2, 0.25) is 0 Å². The van der Waals surface area contributed by atoms with Gasteiger partial charge in [0, 0.05) is 0 Å². The first-order valence-corrected chi connectivity index (χ1v) is 2.26. The second-order valence-electron chi connectivity index (χ2n) is 1.47. The van der Waals surface area contributed by atoms with E-state index in [0.717, 1.165) is 0 Å². The number of benzene rings is 1. The first-order valence-electron chi connectivity index (χ1n) is 2.26. The number of hydrogen-bond acceptors (Lipinski definition) is 2. The lowest BCUT2D eigenvalue weighted by Gasteiger charge is -2.04. The van der Waals surface area contributed by atoms with E-state index in [4.69, 9.17) is 5.11 Å². The maximum Gasteiger partial charge on any atom is 0.107 e. The molecule has 0 bridgehead atoms. The zero-order valence-corrected chi connectivity index (χ0v) is 4.16. The summed E-state index contributed by atoms with van der Waals surface area (Å²) < 4.78 is 0. The third-order valence-corrected chi connectivity index (χ3v) is 0.865. The number of hydrogen-bond donors (Lipinski definition) is 1. The molecule has 0 spiro atoms. The quantitative estimate of drug-likeness (QED) is 0.526. The molecule has 0 heterocycles. The van der Waals surface area contributed by atoms with Crippen LogP contribution in [0.25, 0.3) is 0 Å². The van der Waals surface area contributed by atoms with Crippen molar-refractivity contribution >= 4 is 0 Å². The van der Waals surface area contributed by atoms with E-state index in [1.165, 1.54) is 12.1 Å². The molecule has 0 aliphatic carbocycles. The molecule has 8 heavy (non-hydrogen) atoms. The van der Waals surface area contributed by atoms with Gasteiger partial charge in [-0.05, 0) is 6.07 Å². The van der Waals surface area contributed by atoms with Crippen LogP contribution in [0.4, 0.5) is 0 Å². The van der Waals surface area contributed by atoms with Crippen LogP contribution in [0.1, 0.15) is 0 Å². The Kier molecular flexibility index (Phi) is 1.08. The largest absolute Gasteiger partial charge is 0.870 e. The number of phenolic OH excluding ortho intramolecular Hbond substituents is 1. The smallest absolute Gasteiger partial charge is 0.107 e. The summed E-state index contributed by atoms with van der Waals surface area (Å²) in [6, 6.07) is 5.87. The summed E-state index contributed by atoms with van der Waals surface area (Å²) in [6.45, 7) is 0. The molecule has 1 aromatic rings. The summed E-state index contributed by atoms with van der Waals surface area (Å²) in [6.07, 6.45) is 0. The Labute approximate surface area is 47.0 Å². The van der Waals surface area contributed by atoms with Crippen molar-refractivity contribution in [3.63, 3.8) is 0 Å². The van der Waals surface area contributed by atoms with Crippen LogP contribution in [0, 0.1) is 0 Å². The second-order valence-corrected chi connectivity index (χ2v) is 1.47. The van der Waals surface area contributed by atoms with Gasteiger partial charge in [0.15, 0.2) is 0 Å². The summed E-state index contributed by atoms with van der Waals surface area (Å²) in [7, 11) is 0. The maximum atomic E-state index is 10.4. The van der Waals surface area contributed by atoms with Crippen LogP contribution in [0.3, 0.4) is 0 Å². The third kappa shape index (κ3) is 0.729. The number of rotatable bonds is 0. The molecule has 0 aromatic heterocycles. The Hall–Kier alpha value is -1.18. The highest BCUT2D eigenvalue weighted by atomic mass is 16.3. The molecule has 0 saturated heterocycles. The molecule has 0 saturated carbocycles. The van der Waals surface area contributed by atoms with Gasteiger partial charge in [-0.15, -0.1) is 0 Å². The van der Waals surface area contributed by atoms with Crippen LogP contribution in [-0.4, -0.2) is 5.11 Å². The van der Waals surface area contributed by atoms with Gasteiger partial charge in [-0.25, -0.2) is 0 Å². The zero-order valence-electron chi connectivity index (χ0n) is 4.16. The van der Waals surface area contributed by atoms with E-state index in [-0.39, 0.29) is 11.5 Å². The first-order chi connectivity index (χ1) is 3.80. The van der Waals surface area contributed by atoms with Crippen molar-refractivity contribution in [3.05, 3.63) is 24.3 Å². The molecular formula is C6H5O2-. The lowest BCUT2D eigenvalue weighted by molar-refractivity contribution is -0.270. The number of para-hydroxylation sites is 2. The van der Waals surface area contributed by atoms with E-state index in [1.807, 2.05) is 0 Å². The van der Waals surface area contributed by atoms with Crippen LogP contribution >= 0.6 is 0 Å². The molecule has 1 rings (SSSR count). The first kappa shape index (κ1) is 4.97. The third-order valence-electron chi connectivity index (χ3n) is 0.865. The minimum atomic E-state index is -0.326. The predicted octanol–water partition coefficient (Wildman–Crippen LogP) is 0.466. The van der Waals surface area contributed by atoms with E-state index < -0.39 is 0 Å². The highest BCUT2D eigenvalue weighted by Crippen LogP contribution is 2.18. The Bertz CT molecular complexity index is 163. The van der Waals surface area contributed by atoms with Gasteiger partial charge in [-0.3, -0.25) is 0 Å². The normalized spacial score (nSPS) is 9.00. The van der Waals surface area contributed by atoms with Gasteiger partial charge >= 0.3 is 0 Å². The molecule has 0 amide bonds. The topological polar surface area (TPSA) is 43.3 Å². The molecule has 0 fully saturated rings. The number of aromatic hydroxyl groups is 1. The van der Waals surface area contributed by atoms with Crippen molar-refractivity contribution in [2.24, 2.45) is 0 Å². The van der Waals surface area contributed by atoms with Gasteiger partial charge in [0.2, 0.25) is 0 Å². The lowest BCUT2D eigenvalue weighted by atomic mass is 10.3. The fraction of sp³-hybridized carbons (Fsp3) is 0. The number of phenols is 1. The molecule has 2 heteroatoms. The van der Waals surface area contributed by atoms with Crippen LogP contribution in [0.15, 0.2) is 24.3 Å². The highest BCUT2D eigenvalue weighted by Gasteiger charge is 1.81. The van der Waals surface area contributed by atoms with E-state index in [1.54, 1.807) is 12.1 Å². The van der Waals surface area contributed by atoms with Crippen molar-refractivity contribution in [1.29, 1.82) is 0 Å². The van der Waals surface area contributed by atoms with E-state index >= 15 is 0 Å². The highest BCUT2D eigenvalue weighted by molar-refractivity contribution is 5.34. The fourth-order valence-electron chi connectivity index (χ4n) is 0.457. The summed E-state index contributed by atoms with van der Waals surface area (Å²) >= 11 is 0. The Morgan fingerprint density at radius 1 is 1.25 bits per heavy atom. The van der Waals surface area contributed by atoms with Gasteiger partial charge in [-0.2, -0.15) is 0 Å². The minimum Gasteiger partial charge on any atom is -0.870 e. The van der Waals surface area contributed by atoms with Gasteiger partial charge < -0.3 is 10.2 Å². The molecule has 0 aliphatic heterocycles. The van der Waals surface area contributed by atoms with Gasteiger partial charge in [0.05, 0.1) is 0 Å². The molecule has 2 nitrogen and oxygen atoms in total. The van der Waals surface area contributed by atoms with Crippen molar-refractivity contribution in [2.45, 2.75) is 0 Å². The van der Waals surface area contributed by atoms with Crippen molar-refractivity contribution in [1.82, 2.24) is 0 Å². The van der Waals surface area contributed by atoms with E-state index in [2.05, 4.69) is 0 Å². The van der Waals surface area contributed by atoms with E-state index in [9.17, 15) is 5.11 Å². The monoisotopic (exact) mass is 109 g/mol. The minimum absolute atomic E-state index is 0.187. The summed E-state index contributed by atoms with van der Waals surface area (Å²) in [5.74, 6) is -0.514. The van der Waals surface area contributed by atoms with Crippen LogP contribution < -0.4 is 5.11 Å². The molecule has 0 atom stereocenters. The molecule has 42 valence electrons.